The number of carbonyl (C=O) groups excluding carboxylic acids is 3. The molecule has 2 bridgehead atoms. The summed E-state index contributed by atoms with van der Waals surface area (Å²) in [6.45, 7) is 17.3. The molecule has 0 spiro atoms. The first-order chi connectivity index (χ1) is 20.7. The Hall–Kier alpha value is -1.83. The molecule has 5 saturated heterocycles. The molecule has 14 atom stereocenters. The molecule has 250 valence electrons. The fourth-order valence-electron chi connectivity index (χ4n) is 8.43. The van der Waals surface area contributed by atoms with Crippen LogP contribution in [0.3, 0.4) is 0 Å². The number of rotatable bonds is 5. The van der Waals surface area contributed by atoms with Gasteiger partial charge in [-0.15, -0.1) is 0 Å². The highest BCUT2D eigenvalue weighted by atomic mass is 16.8. The van der Waals surface area contributed by atoms with Gasteiger partial charge in [-0.05, 0) is 52.9 Å². The molecule has 0 aliphatic carbocycles. The highest BCUT2D eigenvalue weighted by Gasteiger charge is 2.61. The van der Waals surface area contributed by atoms with Crippen molar-refractivity contribution in [2.45, 2.75) is 135 Å². The van der Waals surface area contributed by atoms with Crippen LogP contribution < -0.4 is 0 Å². The first-order valence-electron chi connectivity index (χ1n) is 16.3. The number of nitrogens with zero attached hydrogens (tertiary/aromatic N) is 1. The van der Waals surface area contributed by atoms with Crippen molar-refractivity contribution in [2.24, 2.45) is 23.7 Å². The Morgan fingerprint density at radius 3 is 2.36 bits per heavy atom. The maximum absolute atomic E-state index is 14.0. The molecule has 5 heterocycles. The zero-order valence-electron chi connectivity index (χ0n) is 27.4. The molecule has 12 nitrogen and oxygen atoms in total. The summed E-state index contributed by atoms with van der Waals surface area (Å²) in [7, 11) is 0. The second kappa shape index (κ2) is 12.8. The van der Waals surface area contributed by atoms with E-state index < -0.39 is 77.9 Å². The molecule has 0 aromatic rings. The van der Waals surface area contributed by atoms with Crippen LogP contribution in [0.1, 0.15) is 74.7 Å². The summed E-state index contributed by atoms with van der Waals surface area (Å²) < 4.78 is 42.5. The van der Waals surface area contributed by atoms with Crippen molar-refractivity contribution in [3.8, 4) is 0 Å². The Morgan fingerprint density at radius 2 is 1.70 bits per heavy atom. The fourth-order valence-corrected chi connectivity index (χ4v) is 8.43. The predicted octanol–water partition coefficient (Wildman–Crippen LogP) is 2.86. The third-order valence-electron chi connectivity index (χ3n) is 10.7. The summed E-state index contributed by atoms with van der Waals surface area (Å²) in [6, 6.07) is -0.191. The Balaban J connectivity index is 1.48. The van der Waals surface area contributed by atoms with Gasteiger partial charge in [-0.2, -0.15) is 0 Å². The minimum Gasteiger partial charge on any atom is -0.457 e. The topological polar surface area (TPSA) is 139 Å². The molecular formula is C32H51NO11. The number of Topliss-reactive ketones (excluding diaryl/α,β-unsaturated/α-hetero) is 1. The molecule has 5 aliphatic heterocycles. The minimum absolute atomic E-state index is 0.0274. The van der Waals surface area contributed by atoms with Crippen molar-refractivity contribution in [3.05, 3.63) is 0 Å². The number of ether oxygens (including phenoxy) is 7. The van der Waals surface area contributed by atoms with Gasteiger partial charge in [0.2, 0.25) is 0 Å². The minimum atomic E-state index is -1.27. The summed E-state index contributed by atoms with van der Waals surface area (Å²) in [5.41, 5.74) is -2.23. The molecule has 5 aliphatic rings. The van der Waals surface area contributed by atoms with Gasteiger partial charge in [-0.25, -0.2) is 4.79 Å². The molecule has 5 fully saturated rings. The molecular weight excluding hydrogens is 574 g/mol. The molecule has 44 heavy (non-hydrogen) atoms. The van der Waals surface area contributed by atoms with Crippen LogP contribution in [0.4, 0.5) is 4.79 Å². The number of morpholine rings is 1. The molecule has 1 N–H and O–H groups in total. The van der Waals surface area contributed by atoms with E-state index in [9.17, 15) is 19.5 Å². The van der Waals surface area contributed by atoms with E-state index in [1.807, 2.05) is 27.7 Å². The van der Waals surface area contributed by atoms with Gasteiger partial charge >= 0.3 is 12.1 Å². The van der Waals surface area contributed by atoms with E-state index in [0.717, 1.165) is 0 Å². The Morgan fingerprint density at radius 1 is 1.02 bits per heavy atom. The molecule has 0 aromatic carbocycles. The van der Waals surface area contributed by atoms with E-state index in [1.54, 1.807) is 13.8 Å². The van der Waals surface area contributed by atoms with Crippen molar-refractivity contribution in [2.75, 3.05) is 26.3 Å². The number of aliphatic hydroxyl groups is 1. The lowest BCUT2D eigenvalue weighted by Gasteiger charge is -2.47. The number of hydrogen-bond donors (Lipinski definition) is 1. The molecule has 0 aromatic heterocycles. The third-order valence-corrected chi connectivity index (χ3v) is 10.7. The van der Waals surface area contributed by atoms with E-state index in [1.165, 1.54) is 6.92 Å². The van der Waals surface area contributed by atoms with Crippen molar-refractivity contribution in [3.63, 3.8) is 0 Å². The third kappa shape index (κ3) is 6.02. The number of cyclic esters (lactones) is 3. The Kier molecular flexibility index (Phi) is 9.72. The zero-order chi connectivity index (χ0) is 32.1. The van der Waals surface area contributed by atoms with Crippen molar-refractivity contribution in [1.82, 2.24) is 4.90 Å². The standard InChI is InChI=1S/C32H51NO11/c1-9-22-32(8,44-30(37)40-22)27-20(6)25-16(2)15-31(7,43-25)26(18(4)23(34)19(5)28(36)41-27)42-29-24(35)21(14-17(3)39-29)33-10-12-38-13-11-33/h16-22,24-27,29,35H,9-15H2,1-8H3/t16?,17?,18-,19+,20-,21?,22+,24?,25?,26+,27+,29-,31-,32+/m0/s1. The van der Waals surface area contributed by atoms with Crippen LogP contribution in [-0.2, 0) is 42.7 Å². The van der Waals surface area contributed by atoms with Gasteiger partial charge in [0.15, 0.2) is 17.7 Å². The van der Waals surface area contributed by atoms with Gasteiger partial charge in [-0.3, -0.25) is 14.5 Å². The number of esters is 1. The van der Waals surface area contributed by atoms with Gasteiger partial charge in [-0.1, -0.05) is 27.7 Å². The van der Waals surface area contributed by atoms with Crippen LogP contribution in [0.2, 0.25) is 0 Å². The van der Waals surface area contributed by atoms with Crippen LogP contribution in [0.5, 0.6) is 0 Å². The quantitative estimate of drug-likeness (QED) is 0.355. The lowest BCUT2D eigenvalue weighted by atomic mass is 9.76. The summed E-state index contributed by atoms with van der Waals surface area (Å²) in [5, 5.41) is 11.6. The average molecular weight is 626 g/mol. The highest BCUT2D eigenvalue weighted by molar-refractivity contribution is 6.00. The number of hydrogen-bond acceptors (Lipinski definition) is 12. The summed E-state index contributed by atoms with van der Waals surface area (Å²) in [4.78, 5) is 42.1. The van der Waals surface area contributed by atoms with Gasteiger partial charge < -0.3 is 38.3 Å². The zero-order valence-corrected chi connectivity index (χ0v) is 27.4. The van der Waals surface area contributed by atoms with Gasteiger partial charge in [0.1, 0.15) is 24.2 Å². The number of fused-ring (bicyclic) bond motifs is 2. The van der Waals surface area contributed by atoms with Crippen LogP contribution in [-0.4, -0.2) is 114 Å². The van der Waals surface area contributed by atoms with Crippen LogP contribution in [0.25, 0.3) is 0 Å². The van der Waals surface area contributed by atoms with Crippen molar-refractivity contribution in [1.29, 1.82) is 0 Å². The second-order valence-corrected chi connectivity index (χ2v) is 14.1. The molecule has 12 heteroatoms. The molecule has 5 rings (SSSR count). The maximum atomic E-state index is 14.0. The second-order valence-electron chi connectivity index (χ2n) is 14.1. The number of aliphatic hydroxyl groups excluding tert-OH is 1. The molecule has 0 radical (unpaired) electrons. The van der Waals surface area contributed by atoms with E-state index in [0.29, 0.717) is 45.6 Å². The van der Waals surface area contributed by atoms with Crippen molar-refractivity contribution < 1.29 is 52.6 Å². The predicted molar refractivity (Wildman–Crippen MR) is 155 cm³/mol. The summed E-state index contributed by atoms with van der Waals surface area (Å²) in [6.07, 6.45) is -4.15. The Labute approximate surface area is 260 Å². The summed E-state index contributed by atoms with van der Waals surface area (Å²) >= 11 is 0. The van der Waals surface area contributed by atoms with E-state index in [4.69, 9.17) is 33.2 Å². The van der Waals surface area contributed by atoms with Gasteiger partial charge in [0, 0.05) is 31.0 Å². The smallest absolute Gasteiger partial charge is 0.457 e. The highest BCUT2D eigenvalue weighted by Crippen LogP contribution is 2.48. The first-order valence-corrected chi connectivity index (χ1v) is 16.3. The molecule has 0 amide bonds. The van der Waals surface area contributed by atoms with Crippen LogP contribution in [0.15, 0.2) is 0 Å². The fraction of sp³-hybridized carbons (Fsp3) is 0.906. The summed E-state index contributed by atoms with van der Waals surface area (Å²) in [5.74, 6) is -3.44. The first kappa shape index (κ1) is 33.5. The van der Waals surface area contributed by atoms with E-state index in [-0.39, 0.29) is 23.8 Å². The van der Waals surface area contributed by atoms with E-state index in [2.05, 4.69) is 11.8 Å². The lowest BCUT2D eigenvalue weighted by molar-refractivity contribution is -0.298. The van der Waals surface area contributed by atoms with Crippen molar-refractivity contribution >= 4 is 17.9 Å². The van der Waals surface area contributed by atoms with Gasteiger partial charge in [0.25, 0.3) is 0 Å². The number of ketones is 1. The van der Waals surface area contributed by atoms with Crippen LogP contribution >= 0.6 is 0 Å². The number of carbonyl (C=O) groups is 3. The van der Waals surface area contributed by atoms with Crippen LogP contribution in [0, 0.1) is 23.7 Å². The average Bonchev–Trinajstić information content (AvgIpc) is 3.47. The molecule has 5 unspecified atom stereocenters. The lowest BCUT2D eigenvalue weighted by Crippen LogP contribution is -2.60. The monoisotopic (exact) mass is 625 g/mol. The SMILES string of the molecule is CC[C@H]1OC(=O)O[C@@]1(C)[C@@H]1OC(=O)[C@H](C)C(=O)[C@H](C)[C@@H](O[C@@H]2OC(C)CC(N3CCOCC3)C2O)[C@]2(C)CC(C)C(O2)[C@@H]1C. The normalized spacial score (nSPS) is 49.2. The van der Waals surface area contributed by atoms with Gasteiger partial charge in [0.05, 0.1) is 37.1 Å². The largest absolute Gasteiger partial charge is 0.509 e. The van der Waals surface area contributed by atoms with E-state index >= 15 is 0 Å². The maximum Gasteiger partial charge on any atom is 0.509 e. The Bertz CT molecular complexity index is 1080. The molecule has 0 saturated carbocycles.